The third-order valence-corrected chi connectivity index (χ3v) is 5.07. The molecule has 108 valence electrons. The van der Waals surface area contributed by atoms with E-state index in [1.54, 1.807) is 12.1 Å². The number of carbonyl (C=O) groups is 1. The number of likely N-dealkylation sites (tertiary alicyclic amines) is 1. The Bertz CT molecular complexity index is 477. The van der Waals surface area contributed by atoms with Gasteiger partial charge in [-0.05, 0) is 43.5 Å². The average molecular weight is 292 g/mol. The number of aromatic hydroxyl groups is 1. The molecule has 2 unspecified atom stereocenters. The smallest absolute Gasteiger partial charge is 0.232 e. The third kappa shape index (κ3) is 3.27. The second-order valence-corrected chi connectivity index (χ2v) is 6.60. The molecule has 2 aliphatic rings. The summed E-state index contributed by atoms with van der Waals surface area (Å²) in [4.78, 5) is 15.3. The lowest BCUT2D eigenvalue weighted by atomic mass is 10.1. The van der Waals surface area contributed by atoms with Crippen molar-refractivity contribution in [3.8, 4) is 5.75 Å². The first-order valence-electron chi connectivity index (χ1n) is 7.16. The van der Waals surface area contributed by atoms with Gasteiger partial charge in [0.2, 0.25) is 5.91 Å². The van der Waals surface area contributed by atoms with Crippen LogP contribution in [0, 0.1) is 0 Å². The van der Waals surface area contributed by atoms with E-state index < -0.39 is 0 Å². The predicted molar refractivity (Wildman–Crippen MR) is 80.0 cm³/mol. The lowest BCUT2D eigenvalue weighted by Crippen LogP contribution is -2.39. The van der Waals surface area contributed by atoms with Gasteiger partial charge in [0.15, 0.2) is 0 Å². The standard InChI is InChI=1S/C15H20N2O2S/c18-13-3-5-14(6-4-13)20-10-15(19)17-8-7-11-1-2-12(9-17)16-11/h3-6,11-12,16,18H,1-2,7-10H2. The van der Waals surface area contributed by atoms with E-state index >= 15 is 0 Å². The third-order valence-electron chi connectivity index (χ3n) is 4.07. The fourth-order valence-electron chi connectivity index (χ4n) is 2.95. The van der Waals surface area contributed by atoms with E-state index in [0.29, 0.717) is 17.8 Å². The minimum absolute atomic E-state index is 0.220. The minimum Gasteiger partial charge on any atom is -0.508 e. The van der Waals surface area contributed by atoms with Gasteiger partial charge in [-0.3, -0.25) is 4.79 Å². The summed E-state index contributed by atoms with van der Waals surface area (Å²) in [6, 6.07) is 8.11. The van der Waals surface area contributed by atoms with Crippen LogP contribution < -0.4 is 5.32 Å². The Morgan fingerprint density at radius 1 is 1.25 bits per heavy atom. The van der Waals surface area contributed by atoms with Gasteiger partial charge in [0.25, 0.3) is 0 Å². The highest BCUT2D eigenvalue weighted by Gasteiger charge is 2.30. The van der Waals surface area contributed by atoms with Crippen LogP contribution in [-0.4, -0.2) is 46.8 Å². The van der Waals surface area contributed by atoms with Crippen molar-refractivity contribution in [1.82, 2.24) is 10.2 Å². The lowest BCUT2D eigenvalue weighted by Gasteiger charge is -2.24. The van der Waals surface area contributed by atoms with Crippen molar-refractivity contribution in [3.63, 3.8) is 0 Å². The Morgan fingerprint density at radius 2 is 2.00 bits per heavy atom. The topological polar surface area (TPSA) is 52.6 Å². The van der Waals surface area contributed by atoms with Crippen LogP contribution in [0.2, 0.25) is 0 Å². The van der Waals surface area contributed by atoms with Gasteiger partial charge in [0.05, 0.1) is 5.75 Å². The van der Waals surface area contributed by atoms with Gasteiger partial charge in [-0.1, -0.05) is 0 Å². The Kier molecular flexibility index (Phi) is 4.17. The second-order valence-electron chi connectivity index (χ2n) is 5.55. The van der Waals surface area contributed by atoms with Gasteiger partial charge < -0.3 is 15.3 Å². The zero-order valence-corrected chi connectivity index (χ0v) is 12.2. The number of nitrogens with zero attached hydrogens (tertiary/aromatic N) is 1. The zero-order valence-electron chi connectivity index (χ0n) is 11.4. The first-order chi connectivity index (χ1) is 9.70. The summed E-state index contributed by atoms with van der Waals surface area (Å²) >= 11 is 1.53. The quantitative estimate of drug-likeness (QED) is 0.835. The molecule has 1 aromatic carbocycles. The number of fused-ring (bicyclic) bond motifs is 2. The van der Waals surface area contributed by atoms with Crippen LogP contribution in [0.15, 0.2) is 29.2 Å². The number of amides is 1. The summed E-state index contributed by atoms with van der Waals surface area (Å²) < 4.78 is 0. The molecule has 2 aliphatic heterocycles. The van der Waals surface area contributed by atoms with Gasteiger partial charge in [-0.15, -0.1) is 11.8 Å². The lowest BCUT2D eigenvalue weighted by molar-refractivity contribution is -0.128. The summed E-state index contributed by atoms with van der Waals surface area (Å²) in [5, 5.41) is 12.8. The summed E-state index contributed by atoms with van der Waals surface area (Å²) in [5.41, 5.74) is 0. The van der Waals surface area contributed by atoms with E-state index in [2.05, 4.69) is 5.32 Å². The van der Waals surface area contributed by atoms with Gasteiger partial charge in [-0.25, -0.2) is 0 Å². The van der Waals surface area contributed by atoms with Crippen LogP contribution in [-0.2, 0) is 4.79 Å². The van der Waals surface area contributed by atoms with Crippen LogP contribution in [0.3, 0.4) is 0 Å². The maximum Gasteiger partial charge on any atom is 0.232 e. The molecule has 2 heterocycles. The number of benzene rings is 1. The number of thioether (sulfide) groups is 1. The molecule has 5 heteroatoms. The highest BCUT2D eigenvalue weighted by molar-refractivity contribution is 8.00. The Hall–Kier alpha value is -1.20. The number of hydrogen-bond acceptors (Lipinski definition) is 4. The molecule has 0 aliphatic carbocycles. The molecule has 2 bridgehead atoms. The molecule has 4 nitrogen and oxygen atoms in total. The molecule has 0 spiro atoms. The van der Waals surface area contributed by atoms with Crippen molar-refractivity contribution in [2.75, 3.05) is 18.8 Å². The van der Waals surface area contributed by atoms with Crippen molar-refractivity contribution in [2.24, 2.45) is 0 Å². The fraction of sp³-hybridized carbons (Fsp3) is 0.533. The molecule has 20 heavy (non-hydrogen) atoms. The average Bonchev–Trinajstić information content (AvgIpc) is 2.77. The van der Waals surface area contributed by atoms with Gasteiger partial charge in [0.1, 0.15) is 5.75 Å². The Balaban J connectivity index is 1.52. The molecule has 3 rings (SSSR count). The molecule has 1 aromatic rings. The number of rotatable bonds is 3. The summed E-state index contributed by atoms with van der Waals surface area (Å²) in [6.07, 6.45) is 3.53. The van der Waals surface area contributed by atoms with E-state index in [9.17, 15) is 9.90 Å². The van der Waals surface area contributed by atoms with E-state index in [1.165, 1.54) is 24.6 Å². The Labute approximate surface area is 123 Å². The summed E-state index contributed by atoms with van der Waals surface area (Å²) in [7, 11) is 0. The van der Waals surface area contributed by atoms with Crippen LogP contribution in [0.4, 0.5) is 0 Å². The van der Waals surface area contributed by atoms with Gasteiger partial charge in [0, 0.05) is 30.1 Å². The Morgan fingerprint density at radius 3 is 2.80 bits per heavy atom. The van der Waals surface area contributed by atoms with Crippen molar-refractivity contribution in [3.05, 3.63) is 24.3 Å². The van der Waals surface area contributed by atoms with Crippen molar-refractivity contribution in [2.45, 2.75) is 36.2 Å². The molecule has 2 N–H and O–H groups in total. The number of phenolic OH excluding ortho intramolecular Hbond substituents is 1. The van der Waals surface area contributed by atoms with Gasteiger partial charge in [-0.2, -0.15) is 0 Å². The van der Waals surface area contributed by atoms with Crippen LogP contribution in [0.25, 0.3) is 0 Å². The molecule has 2 saturated heterocycles. The SMILES string of the molecule is O=C(CSc1ccc(O)cc1)N1CCC2CCC(C1)N2. The zero-order chi connectivity index (χ0) is 13.9. The number of nitrogens with one attached hydrogen (secondary N) is 1. The van der Waals surface area contributed by atoms with E-state index in [-0.39, 0.29) is 11.7 Å². The molecule has 2 fully saturated rings. The van der Waals surface area contributed by atoms with E-state index in [4.69, 9.17) is 0 Å². The largest absolute Gasteiger partial charge is 0.508 e. The molecule has 0 radical (unpaired) electrons. The highest BCUT2D eigenvalue weighted by atomic mass is 32.2. The maximum absolute atomic E-state index is 12.3. The number of carbonyl (C=O) groups excluding carboxylic acids is 1. The number of phenols is 1. The van der Waals surface area contributed by atoms with E-state index in [0.717, 1.165) is 24.4 Å². The minimum atomic E-state index is 0.220. The molecular weight excluding hydrogens is 272 g/mol. The maximum atomic E-state index is 12.3. The molecule has 0 aromatic heterocycles. The van der Waals surface area contributed by atoms with Crippen LogP contribution in [0.1, 0.15) is 19.3 Å². The summed E-state index contributed by atoms with van der Waals surface area (Å²) in [6.45, 7) is 1.73. The molecule has 1 amide bonds. The first kappa shape index (κ1) is 13.8. The fourth-order valence-corrected chi connectivity index (χ4v) is 3.75. The molecule has 0 saturated carbocycles. The molecular formula is C15H20N2O2S. The summed E-state index contributed by atoms with van der Waals surface area (Å²) in [5.74, 6) is 0.954. The van der Waals surface area contributed by atoms with E-state index in [1.807, 2.05) is 17.0 Å². The highest BCUT2D eigenvalue weighted by Crippen LogP contribution is 2.23. The first-order valence-corrected chi connectivity index (χ1v) is 8.15. The van der Waals surface area contributed by atoms with Crippen molar-refractivity contribution in [1.29, 1.82) is 0 Å². The van der Waals surface area contributed by atoms with Crippen LogP contribution in [0.5, 0.6) is 5.75 Å². The monoisotopic (exact) mass is 292 g/mol. The normalized spacial score (nSPS) is 25.5. The number of hydrogen-bond donors (Lipinski definition) is 2. The van der Waals surface area contributed by atoms with Gasteiger partial charge >= 0.3 is 0 Å². The van der Waals surface area contributed by atoms with Crippen LogP contribution >= 0.6 is 11.8 Å². The van der Waals surface area contributed by atoms with Crippen molar-refractivity contribution >= 4 is 17.7 Å². The van der Waals surface area contributed by atoms with Crippen molar-refractivity contribution < 1.29 is 9.90 Å². The predicted octanol–water partition coefficient (Wildman–Crippen LogP) is 1.84. The molecule has 2 atom stereocenters. The second kappa shape index (κ2) is 6.06.